The van der Waals surface area contributed by atoms with E-state index in [0.717, 1.165) is 44.9 Å². The lowest BCUT2D eigenvalue weighted by atomic mass is 9.73. The molecule has 4 heteroatoms. The van der Waals surface area contributed by atoms with E-state index < -0.39 is 11.4 Å². The number of ether oxygens (including phenoxy) is 2. The fourth-order valence-electron chi connectivity index (χ4n) is 4.40. The van der Waals surface area contributed by atoms with E-state index in [1.54, 1.807) is 0 Å². The van der Waals surface area contributed by atoms with Gasteiger partial charge in [-0.3, -0.25) is 4.79 Å². The molecule has 3 aliphatic rings. The molecule has 132 valence electrons. The van der Waals surface area contributed by atoms with Gasteiger partial charge in [-0.2, -0.15) is 0 Å². The number of aliphatic carboxylic acids is 1. The zero-order chi connectivity index (χ0) is 16.3. The number of carboxylic acids is 1. The van der Waals surface area contributed by atoms with Crippen LogP contribution in [0.15, 0.2) is 0 Å². The molecule has 0 bridgehead atoms. The number of carboxylic acid groups (broad SMARTS) is 1. The van der Waals surface area contributed by atoms with Crippen LogP contribution in [0.2, 0.25) is 0 Å². The number of rotatable bonds is 7. The first-order valence-electron chi connectivity index (χ1n) is 9.71. The van der Waals surface area contributed by atoms with Crippen molar-refractivity contribution in [1.29, 1.82) is 0 Å². The van der Waals surface area contributed by atoms with E-state index in [-0.39, 0.29) is 12.2 Å². The number of carbonyl (C=O) groups is 1. The van der Waals surface area contributed by atoms with Crippen LogP contribution in [0.25, 0.3) is 0 Å². The summed E-state index contributed by atoms with van der Waals surface area (Å²) in [5, 5.41) is 9.98. The molecule has 5 unspecified atom stereocenters. The van der Waals surface area contributed by atoms with Gasteiger partial charge in [-0.25, -0.2) is 0 Å². The van der Waals surface area contributed by atoms with Crippen LogP contribution in [-0.2, 0) is 14.3 Å². The summed E-state index contributed by atoms with van der Waals surface area (Å²) in [5.41, 5.74) is -0.663. The second kappa shape index (κ2) is 7.52. The molecule has 0 aromatic heterocycles. The Labute approximate surface area is 139 Å². The van der Waals surface area contributed by atoms with Gasteiger partial charge in [0.25, 0.3) is 0 Å². The molecule has 0 radical (unpaired) electrons. The molecule has 0 spiro atoms. The fraction of sp³-hybridized carbons (Fsp3) is 0.947. The van der Waals surface area contributed by atoms with Gasteiger partial charge in [0.05, 0.1) is 23.7 Å². The van der Waals surface area contributed by atoms with Crippen LogP contribution in [0.1, 0.15) is 84.0 Å². The number of fused-ring (bicyclic) bond motifs is 1. The van der Waals surface area contributed by atoms with Gasteiger partial charge in [0.2, 0.25) is 0 Å². The quantitative estimate of drug-likeness (QED) is 0.709. The van der Waals surface area contributed by atoms with Crippen LogP contribution >= 0.6 is 0 Å². The molecular formula is C19H32O4. The van der Waals surface area contributed by atoms with Gasteiger partial charge in [0.1, 0.15) is 6.10 Å². The first-order chi connectivity index (χ1) is 11.2. The number of hydrogen-bond acceptors (Lipinski definition) is 3. The highest BCUT2D eigenvalue weighted by Crippen LogP contribution is 2.49. The Morgan fingerprint density at radius 2 is 1.83 bits per heavy atom. The number of hydrogen-bond donors (Lipinski definition) is 1. The molecule has 0 amide bonds. The molecule has 2 aliphatic heterocycles. The van der Waals surface area contributed by atoms with Gasteiger partial charge in [-0.1, -0.05) is 51.9 Å². The predicted octanol–water partition coefficient (Wildman–Crippen LogP) is 4.31. The molecule has 0 aromatic rings. The van der Waals surface area contributed by atoms with Crippen molar-refractivity contribution in [3.8, 4) is 0 Å². The summed E-state index contributed by atoms with van der Waals surface area (Å²) in [5.74, 6) is -0.642. The largest absolute Gasteiger partial charge is 0.481 e. The van der Waals surface area contributed by atoms with Crippen molar-refractivity contribution in [3.63, 3.8) is 0 Å². The Bertz CT molecular complexity index is 410. The maximum Gasteiger partial charge on any atom is 0.312 e. The van der Waals surface area contributed by atoms with E-state index >= 15 is 0 Å². The van der Waals surface area contributed by atoms with Crippen LogP contribution in [0.3, 0.4) is 0 Å². The second-order valence-electron chi connectivity index (χ2n) is 7.76. The molecule has 5 atom stereocenters. The molecular weight excluding hydrogens is 292 g/mol. The molecule has 0 aromatic carbocycles. The third kappa shape index (κ3) is 4.08. The van der Waals surface area contributed by atoms with E-state index in [2.05, 4.69) is 6.92 Å². The van der Waals surface area contributed by atoms with Crippen molar-refractivity contribution in [2.75, 3.05) is 0 Å². The van der Waals surface area contributed by atoms with Crippen molar-refractivity contribution in [2.45, 2.75) is 108 Å². The molecule has 4 nitrogen and oxygen atoms in total. The van der Waals surface area contributed by atoms with Crippen LogP contribution in [0, 0.1) is 5.41 Å². The summed E-state index contributed by atoms with van der Waals surface area (Å²) in [4.78, 5) is 12.1. The van der Waals surface area contributed by atoms with Crippen molar-refractivity contribution in [3.05, 3.63) is 0 Å². The van der Waals surface area contributed by atoms with Gasteiger partial charge in [-0.15, -0.1) is 0 Å². The minimum atomic E-state index is -0.663. The SMILES string of the molecule is CCCCC1OC1CCC1(C(=O)O)CCCCCCCC2OC21. The first kappa shape index (κ1) is 17.2. The molecule has 1 saturated carbocycles. The summed E-state index contributed by atoms with van der Waals surface area (Å²) in [6, 6.07) is 0. The molecule has 1 aliphatic carbocycles. The van der Waals surface area contributed by atoms with Gasteiger partial charge < -0.3 is 14.6 Å². The Morgan fingerprint density at radius 3 is 2.61 bits per heavy atom. The van der Waals surface area contributed by atoms with Crippen molar-refractivity contribution in [2.24, 2.45) is 5.41 Å². The summed E-state index contributed by atoms with van der Waals surface area (Å²) in [6.07, 6.45) is 13.6. The zero-order valence-electron chi connectivity index (χ0n) is 14.5. The van der Waals surface area contributed by atoms with E-state index in [1.165, 1.54) is 32.1 Å². The molecule has 2 saturated heterocycles. The standard InChI is InChI=1S/C19H32O4/c1-2-3-9-14-15(22-14)11-13-19(18(20)21)12-8-6-4-5-7-10-16-17(19)23-16/h14-17H,2-13H2,1H3,(H,20,21). The summed E-state index contributed by atoms with van der Waals surface area (Å²) in [6.45, 7) is 2.20. The van der Waals surface area contributed by atoms with Crippen LogP contribution in [-0.4, -0.2) is 35.5 Å². The van der Waals surface area contributed by atoms with E-state index in [0.29, 0.717) is 12.2 Å². The smallest absolute Gasteiger partial charge is 0.312 e. The first-order valence-corrected chi connectivity index (χ1v) is 9.71. The molecule has 1 N–H and O–H groups in total. The molecule has 2 heterocycles. The zero-order valence-corrected chi connectivity index (χ0v) is 14.5. The van der Waals surface area contributed by atoms with Crippen LogP contribution in [0.4, 0.5) is 0 Å². The number of unbranched alkanes of at least 4 members (excludes halogenated alkanes) is 1. The van der Waals surface area contributed by atoms with Gasteiger partial charge in [0, 0.05) is 0 Å². The van der Waals surface area contributed by atoms with Gasteiger partial charge >= 0.3 is 5.97 Å². The maximum absolute atomic E-state index is 12.1. The monoisotopic (exact) mass is 324 g/mol. The minimum absolute atomic E-state index is 0.0501. The van der Waals surface area contributed by atoms with E-state index in [4.69, 9.17) is 9.47 Å². The summed E-state index contributed by atoms with van der Waals surface area (Å²) < 4.78 is 11.6. The van der Waals surface area contributed by atoms with E-state index in [1.807, 2.05) is 0 Å². The van der Waals surface area contributed by atoms with Crippen molar-refractivity contribution in [1.82, 2.24) is 0 Å². The lowest BCUT2D eigenvalue weighted by Crippen LogP contribution is -2.38. The Morgan fingerprint density at radius 1 is 1.09 bits per heavy atom. The topological polar surface area (TPSA) is 62.4 Å². The summed E-state index contributed by atoms with van der Waals surface area (Å²) >= 11 is 0. The predicted molar refractivity (Wildman–Crippen MR) is 88.5 cm³/mol. The van der Waals surface area contributed by atoms with Crippen LogP contribution in [0.5, 0.6) is 0 Å². The maximum atomic E-state index is 12.1. The Hall–Kier alpha value is -0.610. The summed E-state index contributed by atoms with van der Waals surface area (Å²) in [7, 11) is 0. The van der Waals surface area contributed by atoms with Crippen molar-refractivity contribution >= 4 is 5.97 Å². The highest BCUT2D eigenvalue weighted by molar-refractivity contribution is 5.76. The molecule has 3 fully saturated rings. The third-order valence-corrected chi connectivity index (χ3v) is 6.07. The van der Waals surface area contributed by atoms with Gasteiger partial charge in [0.15, 0.2) is 0 Å². The average molecular weight is 324 g/mol. The fourth-order valence-corrected chi connectivity index (χ4v) is 4.40. The molecule has 23 heavy (non-hydrogen) atoms. The number of epoxide rings is 2. The average Bonchev–Trinajstić information content (AvgIpc) is 3.43. The highest BCUT2D eigenvalue weighted by atomic mass is 16.6. The minimum Gasteiger partial charge on any atom is -0.481 e. The highest BCUT2D eigenvalue weighted by Gasteiger charge is 2.58. The normalized spacial score (nSPS) is 40.2. The van der Waals surface area contributed by atoms with Gasteiger partial charge in [-0.05, 0) is 32.1 Å². The third-order valence-electron chi connectivity index (χ3n) is 6.07. The Balaban J connectivity index is 1.58. The van der Waals surface area contributed by atoms with Crippen LogP contribution < -0.4 is 0 Å². The lowest BCUT2D eigenvalue weighted by molar-refractivity contribution is -0.151. The van der Waals surface area contributed by atoms with E-state index in [9.17, 15) is 9.90 Å². The van der Waals surface area contributed by atoms with Crippen molar-refractivity contribution < 1.29 is 19.4 Å². The molecule has 3 rings (SSSR count). The second-order valence-corrected chi connectivity index (χ2v) is 7.76. The Kier molecular flexibility index (Phi) is 5.63. The lowest BCUT2D eigenvalue weighted by Gasteiger charge is -2.28.